The predicted molar refractivity (Wildman–Crippen MR) is 92.3 cm³/mol. The van der Waals surface area contributed by atoms with E-state index in [-0.39, 0.29) is 5.91 Å². The number of carbonyl (C=O) groups is 1. The molecule has 0 spiro atoms. The molecule has 0 aliphatic heterocycles. The Bertz CT molecular complexity index is 646. The summed E-state index contributed by atoms with van der Waals surface area (Å²) in [5.41, 5.74) is 2.14. The van der Waals surface area contributed by atoms with Crippen LogP contribution in [0.4, 0.5) is 11.4 Å². The largest absolute Gasteiger partial charge is 0.384 e. The third kappa shape index (κ3) is 4.22. The highest BCUT2D eigenvalue weighted by atomic mass is 79.9. The standard InChI is InChI=1S/C16H16BrClN2O/c1-2-9-19-14-6-4-3-5-12(14)16(21)20-15-8-7-11(18)10-13(15)17/h3-8,10,19H,2,9H2,1H3,(H,20,21). The molecule has 3 nitrogen and oxygen atoms in total. The molecule has 0 aliphatic rings. The van der Waals surface area contributed by atoms with E-state index in [0.717, 1.165) is 23.1 Å². The van der Waals surface area contributed by atoms with Crippen LogP contribution in [0.15, 0.2) is 46.9 Å². The maximum Gasteiger partial charge on any atom is 0.257 e. The number of hydrogen-bond acceptors (Lipinski definition) is 2. The Kier molecular flexibility index (Phi) is 5.65. The van der Waals surface area contributed by atoms with Crippen molar-refractivity contribution in [1.29, 1.82) is 0 Å². The summed E-state index contributed by atoms with van der Waals surface area (Å²) >= 11 is 9.29. The molecule has 2 N–H and O–H groups in total. The summed E-state index contributed by atoms with van der Waals surface area (Å²) in [5.74, 6) is -0.155. The first-order valence-corrected chi connectivity index (χ1v) is 7.88. The second kappa shape index (κ2) is 7.48. The van der Waals surface area contributed by atoms with E-state index in [0.29, 0.717) is 16.3 Å². The van der Waals surface area contributed by atoms with E-state index in [2.05, 4.69) is 33.5 Å². The number of hydrogen-bond donors (Lipinski definition) is 2. The van der Waals surface area contributed by atoms with E-state index in [9.17, 15) is 4.79 Å². The van der Waals surface area contributed by atoms with Gasteiger partial charge in [0.25, 0.3) is 5.91 Å². The van der Waals surface area contributed by atoms with Gasteiger partial charge in [0.2, 0.25) is 0 Å². The van der Waals surface area contributed by atoms with Crippen LogP contribution in [-0.2, 0) is 0 Å². The summed E-state index contributed by atoms with van der Waals surface area (Å²) in [6.07, 6.45) is 0.999. The topological polar surface area (TPSA) is 41.1 Å². The molecular weight excluding hydrogens is 352 g/mol. The molecule has 0 fully saturated rings. The Labute approximate surface area is 137 Å². The molecular formula is C16H16BrClN2O. The molecule has 0 saturated carbocycles. The van der Waals surface area contributed by atoms with Crippen molar-refractivity contribution in [3.63, 3.8) is 0 Å². The molecule has 2 aromatic rings. The van der Waals surface area contributed by atoms with Crippen LogP contribution < -0.4 is 10.6 Å². The first-order valence-electron chi connectivity index (χ1n) is 6.71. The lowest BCUT2D eigenvalue weighted by Gasteiger charge is -2.12. The van der Waals surface area contributed by atoms with E-state index in [1.54, 1.807) is 24.3 Å². The van der Waals surface area contributed by atoms with E-state index < -0.39 is 0 Å². The molecule has 2 rings (SSSR count). The Morgan fingerprint density at radius 2 is 1.95 bits per heavy atom. The second-order valence-electron chi connectivity index (χ2n) is 4.55. The first kappa shape index (κ1) is 15.9. The van der Waals surface area contributed by atoms with Gasteiger partial charge in [-0.15, -0.1) is 0 Å². The molecule has 5 heteroatoms. The average molecular weight is 368 g/mol. The van der Waals surface area contributed by atoms with E-state index >= 15 is 0 Å². The van der Waals surface area contributed by atoms with Crippen LogP contribution in [0.2, 0.25) is 5.02 Å². The second-order valence-corrected chi connectivity index (χ2v) is 5.84. The first-order chi connectivity index (χ1) is 10.1. The normalized spacial score (nSPS) is 10.2. The number of amides is 1. The van der Waals surface area contributed by atoms with Crippen molar-refractivity contribution in [3.8, 4) is 0 Å². The smallest absolute Gasteiger partial charge is 0.257 e. The van der Waals surface area contributed by atoms with Crippen LogP contribution in [0.25, 0.3) is 0 Å². The monoisotopic (exact) mass is 366 g/mol. The summed E-state index contributed by atoms with van der Waals surface area (Å²) in [6, 6.07) is 12.7. The summed E-state index contributed by atoms with van der Waals surface area (Å²) in [4.78, 5) is 12.4. The third-order valence-electron chi connectivity index (χ3n) is 2.92. The average Bonchev–Trinajstić information content (AvgIpc) is 2.48. The highest BCUT2D eigenvalue weighted by Crippen LogP contribution is 2.27. The predicted octanol–water partition coefficient (Wildman–Crippen LogP) is 5.18. The SMILES string of the molecule is CCCNc1ccccc1C(=O)Nc1ccc(Cl)cc1Br. The maximum absolute atomic E-state index is 12.4. The fourth-order valence-corrected chi connectivity index (χ4v) is 2.66. The molecule has 2 aromatic carbocycles. The van der Waals surface area contributed by atoms with Crippen molar-refractivity contribution in [2.45, 2.75) is 13.3 Å². The van der Waals surface area contributed by atoms with Crippen molar-refractivity contribution >= 4 is 44.8 Å². The Morgan fingerprint density at radius 1 is 1.19 bits per heavy atom. The van der Waals surface area contributed by atoms with Crippen molar-refractivity contribution in [2.24, 2.45) is 0 Å². The number of halogens is 2. The molecule has 1 amide bonds. The molecule has 0 aliphatic carbocycles. The molecule has 0 radical (unpaired) electrons. The highest BCUT2D eigenvalue weighted by molar-refractivity contribution is 9.10. The van der Waals surface area contributed by atoms with Crippen molar-refractivity contribution in [2.75, 3.05) is 17.2 Å². The van der Waals surface area contributed by atoms with Crippen molar-refractivity contribution in [3.05, 3.63) is 57.5 Å². The molecule has 110 valence electrons. The van der Waals surface area contributed by atoms with Gasteiger partial charge < -0.3 is 10.6 Å². The molecule has 0 unspecified atom stereocenters. The maximum atomic E-state index is 12.4. The van der Waals surface area contributed by atoms with Gasteiger partial charge in [-0.25, -0.2) is 0 Å². The summed E-state index contributed by atoms with van der Waals surface area (Å²) in [6.45, 7) is 2.91. The minimum absolute atomic E-state index is 0.155. The highest BCUT2D eigenvalue weighted by Gasteiger charge is 2.12. The number of nitrogens with one attached hydrogen (secondary N) is 2. The zero-order chi connectivity index (χ0) is 15.2. The summed E-state index contributed by atoms with van der Waals surface area (Å²) in [5, 5.41) is 6.76. The summed E-state index contributed by atoms with van der Waals surface area (Å²) in [7, 11) is 0. The molecule has 0 atom stereocenters. The number of carbonyl (C=O) groups excluding carboxylic acids is 1. The fourth-order valence-electron chi connectivity index (χ4n) is 1.88. The van der Waals surface area contributed by atoms with Gasteiger partial charge in [0.1, 0.15) is 0 Å². The van der Waals surface area contributed by atoms with Crippen LogP contribution in [-0.4, -0.2) is 12.5 Å². The van der Waals surface area contributed by atoms with Gasteiger partial charge in [0.05, 0.1) is 11.3 Å². The van der Waals surface area contributed by atoms with Gasteiger partial charge in [-0.3, -0.25) is 4.79 Å². The van der Waals surface area contributed by atoms with Gasteiger partial charge >= 0.3 is 0 Å². The minimum atomic E-state index is -0.155. The van der Waals surface area contributed by atoms with E-state index in [4.69, 9.17) is 11.6 Å². The lowest BCUT2D eigenvalue weighted by atomic mass is 10.1. The zero-order valence-corrected chi connectivity index (χ0v) is 14.0. The molecule has 0 bridgehead atoms. The van der Waals surface area contributed by atoms with Gasteiger partial charge in [0.15, 0.2) is 0 Å². The molecule has 0 aromatic heterocycles. The Morgan fingerprint density at radius 3 is 2.67 bits per heavy atom. The number of benzene rings is 2. The third-order valence-corrected chi connectivity index (χ3v) is 3.81. The van der Waals surface area contributed by atoms with Gasteiger partial charge in [-0.2, -0.15) is 0 Å². The molecule has 0 saturated heterocycles. The number of para-hydroxylation sites is 1. The van der Waals surface area contributed by atoms with Crippen LogP contribution in [0.5, 0.6) is 0 Å². The molecule has 21 heavy (non-hydrogen) atoms. The fraction of sp³-hybridized carbons (Fsp3) is 0.188. The van der Waals surface area contributed by atoms with Crippen molar-refractivity contribution < 1.29 is 4.79 Å². The number of rotatable bonds is 5. The van der Waals surface area contributed by atoms with Gasteiger partial charge in [0, 0.05) is 21.7 Å². The van der Waals surface area contributed by atoms with Gasteiger partial charge in [-0.05, 0) is 52.7 Å². The Hall–Kier alpha value is -1.52. The summed E-state index contributed by atoms with van der Waals surface area (Å²) < 4.78 is 0.752. The van der Waals surface area contributed by atoms with Crippen LogP contribution in [0.1, 0.15) is 23.7 Å². The van der Waals surface area contributed by atoms with Crippen LogP contribution in [0, 0.1) is 0 Å². The zero-order valence-electron chi connectivity index (χ0n) is 11.6. The molecule has 0 heterocycles. The number of anilines is 2. The lowest BCUT2D eigenvalue weighted by Crippen LogP contribution is -2.15. The lowest BCUT2D eigenvalue weighted by molar-refractivity contribution is 0.102. The van der Waals surface area contributed by atoms with Crippen LogP contribution in [0.3, 0.4) is 0 Å². The quantitative estimate of drug-likeness (QED) is 0.765. The van der Waals surface area contributed by atoms with Crippen LogP contribution >= 0.6 is 27.5 Å². The minimum Gasteiger partial charge on any atom is -0.384 e. The Balaban J connectivity index is 2.20. The van der Waals surface area contributed by atoms with E-state index in [1.165, 1.54) is 0 Å². The van der Waals surface area contributed by atoms with Crippen molar-refractivity contribution in [1.82, 2.24) is 0 Å². The van der Waals surface area contributed by atoms with Gasteiger partial charge in [-0.1, -0.05) is 30.7 Å². The van der Waals surface area contributed by atoms with E-state index in [1.807, 2.05) is 18.2 Å².